The Morgan fingerprint density at radius 1 is 1.32 bits per heavy atom. The van der Waals surface area contributed by atoms with Crippen LogP contribution in [0.2, 0.25) is 0 Å². The molecule has 2 amide bonds. The molecule has 1 fully saturated rings. The van der Waals surface area contributed by atoms with Crippen molar-refractivity contribution in [2.45, 2.75) is 32.4 Å². The summed E-state index contributed by atoms with van der Waals surface area (Å²) in [6.45, 7) is 4.08. The first-order valence-corrected chi connectivity index (χ1v) is 6.33. The summed E-state index contributed by atoms with van der Waals surface area (Å²) >= 11 is 0. The van der Waals surface area contributed by atoms with Crippen LogP contribution in [0, 0.1) is 0 Å². The molecule has 1 unspecified atom stereocenters. The molecule has 0 saturated carbocycles. The van der Waals surface area contributed by atoms with Crippen molar-refractivity contribution in [1.29, 1.82) is 0 Å². The van der Waals surface area contributed by atoms with Gasteiger partial charge >= 0.3 is 0 Å². The largest absolute Gasteiger partial charge is 0.508 e. The Morgan fingerprint density at radius 2 is 1.95 bits per heavy atom. The maximum Gasteiger partial charge on any atom is 0.248 e. The summed E-state index contributed by atoms with van der Waals surface area (Å²) < 4.78 is 0. The molecule has 1 saturated heterocycles. The van der Waals surface area contributed by atoms with Crippen molar-refractivity contribution in [2.75, 3.05) is 6.54 Å². The number of amides is 2. The van der Waals surface area contributed by atoms with E-state index in [1.807, 2.05) is 6.92 Å². The fourth-order valence-electron chi connectivity index (χ4n) is 2.18. The summed E-state index contributed by atoms with van der Waals surface area (Å²) in [6.07, 6.45) is 0.559. The van der Waals surface area contributed by atoms with Gasteiger partial charge < -0.3 is 15.3 Å². The van der Waals surface area contributed by atoms with Crippen LogP contribution in [-0.4, -0.2) is 33.9 Å². The molecule has 0 aliphatic carbocycles. The van der Waals surface area contributed by atoms with E-state index in [2.05, 4.69) is 5.32 Å². The number of nitrogens with one attached hydrogen (secondary N) is 1. The molecule has 1 aromatic carbocycles. The van der Waals surface area contributed by atoms with Crippen molar-refractivity contribution in [1.82, 2.24) is 10.2 Å². The first-order chi connectivity index (χ1) is 8.94. The smallest absolute Gasteiger partial charge is 0.248 e. The number of benzene rings is 1. The number of hydrogen-bond acceptors (Lipinski definition) is 3. The van der Waals surface area contributed by atoms with Crippen LogP contribution >= 0.6 is 0 Å². The Bertz CT molecular complexity index is 498. The molecule has 5 heteroatoms. The van der Waals surface area contributed by atoms with Gasteiger partial charge in [0, 0.05) is 6.54 Å². The van der Waals surface area contributed by atoms with Crippen LogP contribution in [0.1, 0.15) is 25.8 Å². The second-order valence-electron chi connectivity index (χ2n) is 5.06. The van der Waals surface area contributed by atoms with Gasteiger partial charge in [0.25, 0.3) is 0 Å². The van der Waals surface area contributed by atoms with Crippen LogP contribution in [0.3, 0.4) is 0 Å². The minimum atomic E-state index is -0.813. The van der Waals surface area contributed by atoms with Gasteiger partial charge in [0.05, 0.1) is 6.54 Å². The van der Waals surface area contributed by atoms with E-state index in [1.165, 1.54) is 0 Å². The molecule has 2 rings (SSSR count). The first-order valence-electron chi connectivity index (χ1n) is 6.33. The summed E-state index contributed by atoms with van der Waals surface area (Å²) in [5.74, 6) is -0.0183. The molecule has 2 N–H and O–H groups in total. The lowest BCUT2D eigenvalue weighted by Gasteiger charge is -2.39. The number of phenolic OH excluding ortho intramolecular Hbond substituents is 1. The van der Waals surface area contributed by atoms with E-state index in [9.17, 15) is 14.7 Å². The topological polar surface area (TPSA) is 69.6 Å². The summed E-state index contributed by atoms with van der Waals surface area (Å²) in [7, 11) is 0. The van der Waals surface area contributed by atoms with Crippen LogP contribution in [0.5, 0.6) is 5.75 Å². The van der Waals surface area contributed by atoms with Crippen molar-refractivity contribution in [2.24, 2.45) is 0 Å². The van der Waals surface area contributed by atoms with Gasteiger partial charge in [0.2, 0.25) is 11.8 Å². The molecule has 1 heterocycles. The molecule has 0 spiro atoms. The minimum absolute atomic E-state index is 0.0670. The van der Waals surface area contributed by atoms with Crippen molar-refractivity contribution in [3.8, 4) is 5.75 Å². The molecule has 5 nitrogen and oxygen atoms in total. The number of nitrogens with zero attached hydrogens (tertiary/aromatic N) is 1. The zero-order chi connectivity index (χ0) is 14.0. The van der Waals surface area contributed by atoms with Gasteiger partial charge in [-0.1, -0.05) is 19.1 Å². The number of rotatable bonds is 3. The molecule has 19 heavy (non-hydrogen) atoms. The van der Waals surface area contributed by atoms with E-state index < -0.39 is 5.54 Å². The van der Waals surface area contributed by atoms with Crippen molar-refractivity contribution in [3.63, 3.8) is 0 Å². The molecule has 0 radical (unpaired) electrons. The summed E-state index contributed by atoms with van der Waals surface area (Å²) in [6, 6.07) is 6.64. The minimum Gasteiger partial charge on any atom is -0.508 e. The average molecular weight is 262 g/mol. The van der Waals surface area contributed by atoms with Gasteiger partial charge in [0.15, 0.2) is 0 Å². The second kappa shape index (κ2) is 4.91. The maximum atomic E-state index is 12.4. The summed E-state index contributed by atoms with van der Waals surface area (Å²) in [5.41, 5.74) is 0.0750. The highest BCUT2D eigenvalue weighted by atomic mass is 16.3. The highest BCUT2D eigenvalue weighted by Crippen LogP contribution is 2.20. The van der Waals surface area contributed by atoms with E-state index in [0.717, 1.165) is 5.56 Å². The molecule has 0 aromatic heterocycles. The molecular formula is C14H18N2O3. The Balaban J connectivity index is 2.17. The zero-order valence-corrected chi connectivity index (χ0v) is 11.1. The van der Waals surface area contributed by atoms with E-state index in [1.54, 1.807) is 36.1 Å². The Kier molecular flexibility index (Phi) is 3.46. The predicted molar refractivity (Wildman–Crippen MR) is 70.4 cm³/mol. The SMILES string of the molecule is CCC1(C)NC(=O)CN(Cc2ccc(O)cc2)C1=O. The third-order valence-electron chi connectivity index (χ3n) is 3.53. The second-order valence-corrected chi connectivity index (χ2v) is 5.06. The van der Waals surface area contributed by atoms with E-state index >= 15 is 0 Å². The molecule has 1 atom stereocenters. The highest BCUT2D eigenvalue weighted by molar-refractivity contribution is 5.97. The van der Waals surface area contributed by atoms with Gasteiger partial charge in [0.1, 0.15) is 11.3 Å². The standard InChI is InChI=1S/C14H18N2O3/c1-3-14(2)13(19)16(9-12(18)15-14)8-10-4-6-11(17)7-5-10/h4-7,17H,3,8-9H2,1-2H3,(H,15,18). The van der Waals surface area contributed by atoms with Crippen molar-refractivity contribution >= 4 is 11.8 Å². The van der Waals surface area contributed by atoms with Crippen LogP contribution < -0.4 is 5.32 Å². The number of aromatic hydroxyl groups is 1. The Hall–Kier alpha value is -2.04. The van der Waals surface area contributed by atoms with Gasteiger partial charge in [-0.15, -0.1) is 0 Å². The highest BCUT2D eigenvalue weighted by Gasteiger charge is 2.41. The van der Waals surface area contributed by atoms with E-state index in [0.29, 0.717) is 13.0 Å². The van der Waals surface area contributed by atoms with Crippen LogP contribution in [0.25, 0.3) is 0 Å². The quantitative estimate of drug-likeness (QED) is 0.854. The van der Waals surface area contributed by atoms with Crippen molar-refractivity contribution < 1.29 is 14.7 Å². The molecule has 1 aliphatic heterocycles. The van der Waals surface area contributed by atoms with Crippen LogP contribution in [-0.2, 0) is 16.1 Å². The first kappa shape index (κ1) is 13.4. The van der Waals surface area contributed by atoms with Gasteiger partial charge in [-0.05, 0) is 31.0 Å². The fourth-order valence-corrected chi connectivity index (χ4v) is 2.18. The molecular weight excluding hydrogens is 244 g/mol. The van der Waals surface area contributed by atoms with Crippen LogP contribution in [0.15, 0.2) is 24.3 Å². The van der Waals surface area contributed by atoms with E-state index in [4.69, 9.17) is 0 Å². The predicted octanol–water partition coefficient (Wildman–Crippen LogP) is 1.02. The number of hydrogen-bond donors (Lipinski definition) is 2. The average Bonchev–Trinajstić information content (AvgIpc) is 2.38. The zero-order valence-electron chi connectivity index (χ0n) is 11.1. The number of piperazine rings is 1. The lowest BCUT2D eigenvalue weighted by atomic mass is 9.94. The fraction of sp³-hybridized carbons (Fsp3) is 0.429. The van der Waals surface area contributed by atoms with Crippen molar-refractivity contribution in [3.05, 3.63) is 29.8 Å². The number of carbonyl (C=O) groups is 2. The Labute approximate surface area is 112 Å². The van der Waals surface area contributed by atoms with Gasteiger partial charge in [-0.3, -0.25) is 9.59 Å². The lowest BCUT2D eigenvalue weighted by Crippen LogP contribution is -2.64. The monoisotopic (exact) mass is 262 g/mol. The lowest BCUT2D eigenvalue weighted by molar-refractivity contribution is -0.149. The van der Waals surface area contributed by atoms with Crippen LogP contribution in [0.4, 0.5) is 0 Å². The normalized spacial score (nSPS) is 23.4. The van der Waals surface area contributed by atoms with Gasteiger partial charge in [-0.2, -0.15) is 0 Å². The third kappa shape index (κ3) is 2.70. The van der Waals surface area contributed by atoms with E-state index in [-0.39, 0.29) is 24.1 Å². The molecule has 0 bridgehead atoms. The molecule has 102 valence electrons. The molecule has 1 aliphatic rings. The Morgan fingerprint density at radius 3 is 2.53 bits per heavy atom. The summed E-state index contributed by atoms with van der Waals surface area (Å²) in [4.78, 5) is 25.6. The number of carbonyl (C=O) groups excluding carboxylic acids is 2. The summed E-state index contributed by atoms with van der Waals surface area (Å²) in [5, 5.41) is 12.0. The maximum absolute atomic E-state index is 12.4. The van der Waals surface area contributed by atoms with Gasteiger partial charge in [-0.25, -0.2) is 0 Å². The third-order valence-corrected chi connectivity index (χ3v) is 3.53. The molecule has 1 aromatic rings. The number of phenols is 1.